The minimum absolute atomic E-state index is 0.268. The summed E-state index contributed by atoms with van der Waals surface area (Å²) >= 11 is 0. The first-order valence-electron chi connectivity index (χ1n) is 4.56. The van der Waals surface area contributed by atoms with Crippen LogP contribution in [0.2, 0.25) is 0 Å². The number of hydrogen-bond donors (Lipinski definition) is 1. The van der Waals surface area contributed by atoms with E-state index in [1.54, 1.807) is 6.20 Å². The number of aromatic amines is 1. The molecule has 2 rings (SSSR count). The fraction of sp³-hybridized carbons (Fsp3) is 0.182. The third-order valence-electron chi connectivity index (χ3n) is 2.30. The summed E-state index contributed by atoms with van der Waals surface area (Å²) in [6.45, 7) is 3.39. The van der Waals surface area contributed by atoms with Crippen LogP contribution >= 0.6 is 0 Å². The van der Waals surface area contributed by atoms with Crippen molar-refractivity contribution in [1.82, 2.24) is 9.97 Å². The molecule has 0 radical (unpaired) electrons. The number of nitrogens with zero attached hydrogens (tertiary/aromatic N) is 1. The molecule has 1 aromatic carbocycles. The average Bonchev–Trinajstić information content (AvgIpc) is 2.61. The first-order valence-corrected chi connectivity index (χ1v) is 4.56. The number of aryl methyl sites for hydroxylation is 1. The molecule has 15 heavy (non-hydrogen) atoms. The van der Waals surface area contributed by atoms with Gasteiger partial charge in [0.2, 0.25) is 0 Å². The van der Waals surface area contributed by atoms with E-state index in [2.05, 4.69) is 9.97 Å². The van der Waals surface area contributed by atoms with E-state index < -0.39 is 11.6 Å². The maximum Gasteiger partial charge on any atom is 0.162 e. The van der Waals surface area contributed by atoms with Crippen molar-refractivity contribution in [3.63, 3.8) is 0 Å². The zero-order valence-electron chi connectivity index (χ0n) is 8.44. The quantitative estimate of drug-likeness (QED) is 0.766. The van der Waals surface area contributed by atoms with Crippen molar-refractivity contribution in [2.75, 3.05) is 0 Å². The predicted octanol–water partition coefficient (Wildman–Crippen LogP) is 2.97. The third kappa shape index (κ3) is 1.63. The van der Waals surface area contributed by atoms with Crippen molar-refractivity contribution >= 4 is 0 Å². The van der Waals surface area contributed by atoms with Gasteiger partial charge in [0, 0.05) is 17.5 Å². The van der Waals surface area contributed by atoms with Gasteiger partial charge in [-0.2, -0.15) is 0 Å². The Morgan fingerprint density at radius 3 is 2.53 bits per heavy atom. The summed E-state index contributed by atoms with van der Waals surface area (Å²) in [5.74, 6) is -1.09. The Bertz CT molecular complexity index is 503. The van der Waals surface area contributed by atoms with Crippen molar-refractivity contribution in [2.24, 2.45) is 0 Å². The summed E-state index contributed by atoms with van der Waals surface area (Å²) in [6, 6.07) is 2.63. The molecule has 0 aliphatic rings. The van der Waals surface area contributed by atoms with Gasteiger partial charge in [-0.15, -0.1) is 0 Å². The van der Waals surface area contributed by atoms with Gasteiger partial charge in [-0.25, -0.2) is 13.8 Å². The first-order chi connectivity index (χ1) is 7.09. The second-order valence-corrected chi connectivity index (χ2v) is 3.45. The topological polar surface area (TPSA) is 28.7 Å². The van der Waals surface area contributed by atoms with E-state index in [0.717, 1.165) is 11.8 Å². The maximum atomic E-state index is 13.3. The van der Waals surface area contributed by atoms with Gasteiger partial charge in [-0.3, -0.25) is 0 Å². The lowest BCUT2D eigenvalue weighted by atomic mass is 10.1. The van der Waals surface area contributed by atoms with Gasteiger partial charge in [0.15, 0.2) is 11.6 Å². The van der Waals surface area contributed by atoms with Crippen LogP contribution in [-0.2, 0) is 0 Å². The molecule has 0 atom stereocenters. The smallest absolute Gasteiger partial charge is 0.162 e. The first kappa shape index (κ1) is 9.83. The number of hydrogen-bond acceptors (Lipinski definition) is 1. The normalized spacial score (nSPS) is 10.7. The van der Waals surface area contributed by atoms with E-state index in [1.807, 2.05) is 6.92 Å². The Labute approximate surface area is 86.0 Å². The van der Waals surface area contributed by atoms with Crippen LogP contribution in [0.5, 0.6) is 0 Å². The van der Waals surface area contributed by atoms with Crippen LogP contribution in [0, 0.1) is 25.5 Å². The summed E-state index contributed by atoms with van der Waals surface area (Å²) in [5.41, 5.74) is 1.74. The van der Waals surface area contributed by atoms with Crippen molar-refractivity contribution < 1.29 is 8.78 Å². The Balaban J connectivity index is 2.59. The fourth-order valence-electron chi connectivity index (χ4n) is 1.46. The SMILES string of the molecule is Cc1cnc(-c2ccc(F)c(F)c2C)[nH]1. The zero-order valence-corrected chi connectivity index (χ0v) is 8.44. The molecule has 4 heteroatoms. The Hall–Kier alpha value is -1.71. The largest absolute Gasteiger partial charge is 0.342 e. The van der Waals surface area contributed by atoms with Crippen molar-refractivity contribution in [2.45, 2.75) is 13.8 Å². The second-order valence-electron chi connectivity index (χ2n) is 3.45. The highest BCUT2D eigenvalue weighted by Gasteiger charge is 2.12. The molecular formula is C11H10F2N2. The molecule has 0 unspecified atom stereocenters. The van der Waals surface area contributed by atoms with Crippen molar-refractivity contribution in [1.29, 1.82) is 0 Å². The molecule has 0 saturated heterocycles. The fourth-order valence-corrected chi connectivity index (χ4v) is 1.46. The van der Waals surface area contributed by atoms with Gasteiger partial charge < -0.3 is 4.98 Å². The predicted molar refractivity (Wildman–Crippen MR) is 53.4 cm³/mol. The van der Waals surface area contributed by atoms with E-state index >= 15 is 0 Å². The van der Waals surface area contributed by atoms with E-state index in [9.17, 15) is 8.78 Å². The van der Waals surface area contributed by atoms with Crippen molar-refractivity contribution in [3.05, 3.63) is 41.2 Å². The van der Waals surface area contributed by atoms with Crippen LogP contribution in [0.3, 0.4) is 0 Å². The zero-order chi connectivity index (χ0) is 11.0. The molecule has 2 aromatic rings. The summed E-state index contributed by atoms with van der Waals surface area (Å²) in [7, 11) is 0. The van der Waals surface area contributed by atoms with E-state index in [0.29, 0.717) is 11.4 Å². The Kier molecular flexibility index (Phi) is 2.26. The molecule has 0 aliphatic heterocycles. The standard InChI is InChI=1S/C11H10F2N2/c1-6-5-14-11(15-6)8-3-4-9(12)10(13)7(8)2/h3-5H,1-2H3,(H,14,15). The lowest BCUT2D eigenvalue weighted by Crippen LogP contribution is -1.93. The number of benzene rings is 1. The number of rotatable bonds is 1. The van der Waals surface area contributed by atoms with E-state index in [4.69, 9.17) is 0 Å². The molecule has 2 nitrogen and oxygen atoms in total. The molecule has 0 bridgehead atoms. The number of aromatic nitrogens is 2. The summed E-state index contributed by atoms with van der Waals surface area (Å²) in [6.07, 6.45) is 1.65. The molecular weight excluding hydrogens is 198 g/mol. The van der Waals surface area contributed by atoms with Crippen LogP contribution < -0.4 is 0 Å². The highest BCUT2D eigenvalue weighted by atomic mass is 19.2. The number of halogens is 2. The Morgan fingerprint density at radius 1 is 1.20 bits per heavy atom. The molecule has 1 N–H and O–H groups in total. The minimum Gasteiger partial charge on any atom is -0.342 e. The van der Waals surface area contributed by atoms with Gasteiger partial charge in [0.05, 0.1) is 0 Å². The average molecular weight is 208 g/mol. The van der Waals surface area contributed by atoms with Crippen LogP contribution in [0.1, 0.15) is 11.3 Å². The molecule has 0 fully saturated rings. The lowest BCUT2D eigenvalue weighted by Gasteiger charge is -2.04. The molecule has 0 spiro atoms. The second kappa shape index (κ2) is 3.46. The maximum absolute atomic E-state index is 13.3. The van der Waals surface area contributed by atoms with Gasteiger partial charge in [-0.05, 0) is 31.5 Å². The number of imidazole rings is 1. The van der Waals surface area contributed by atoms with Crippen LogP contribution in [0.4, 0.5) is 8.78 Å². The number of nitrogens with one attached hydrogen (secondary N) is 1. The summed E-state index contributed by atoms with van der Waals surface area (Å²) in [4.78, 5) is 7.05. The molecule has 0 aliphatic carbocycles. The van der Waals surface area contributed by atoms with E-state index in [1.165, 1.54) is 13.0 Å². The number of H-pyrrole nitrogens is 1. The minimum atomic E-state index is -0.834. The highest BCUT2D eigenvalue weighted by molar-refractivity contribution is 5.60. The highest BCUT2D eigenvalue weighted by Crippen LogP contribution is 2.23. The van der Waals surface area contributed by atoms with E-state index in [-0.39, 0.29) is 5.56 Å². The molecule has 1 heterocycles. The van der Waals surface area contributed by atoms with Crippen LogP contribution in [0.25, 0.3) is 11.4 Å². The van der Waals surface area contributed by atoms with Gasteiger partial charge >= 0.3 is 0 Å². The van der Waals surface area contributed by atoms with Crippen LogP contribution in [-0.4, -0.2) is 9.97 Å². The monoisotopic (exact) mass is 208 g/mol. The third-order valence-corrected chi connectivity index (χ3v) is 2.30. The molecule has 1 aromatic heterocycles. The lowest BCUT2D eigenvalue weighted by molar-refractivity contribution is 0.503. The van der Waals surface area contributed by atoms with Gasteiger partial charge in [0.25, 0.3) is 0 Å². The molecule has 0 saturated carbocycles. The molecule has 78 valence electrons. The Morgan fingerprint density at radius 2 is 1.93 bits per heavy atom. The van der Waals surface area contributed by atoms with Gasteiger partial charge in [0.1, 0.15) is 5.82 Å². The van der Waals surface area contributed by atoms with Gasteiger partial charge in [-0.1, -0.05) is 0 Å². The molecule has 0 amide bonds. The van der Waals surface area contributed by atoms with Crippen molar-refractivity contribution in [3.8, 4) is 11.4 Å². The summed E-state index contributed by atoms with van der Waals surface area (Å²) in [5, 5.41) is 0. The van der Waals surface area contributed by atoms with Crippen LogP contribution in [0.15, 0.2) is 18.3 Å². The summed E-state index contributed by atoms with van der Waals surface area (Å²) < 4.78 is 26.1.